The molecule has 0 saturated heterocycles. The molecule has 0 radical (unpaired) electrons. The molecule has 0 spiro atoms. The highest BCUT2D eigenvalue weighted by Crippen LogP contribution is 2.03. The zero-order chi connectivity index (χ0) is 7.23. The van der Waals surface area contributed by atoms with E-state index in [0.717, 1.165) is 6.54 Å². The predicted octanol–water partition coefficient (Wildman–Crippen LogP) is 1.87. The van der Waals surface area contributed by atoms with E-state index in [9.17, 15) is 0 Å². The topological polar surface area (TPSA) is 12.0 Å². The maximum absolute atomic E-state index is 3.42. The second-order valence-electron chi connectivity index (χ2n) is 2.62. The summed E-state index contributed by atoms with van der Waals surface area (Å²) >= 11 is 0. The normalized spacial score (nSPS) is 25.9. The molecule has 0 aromatic heterocycles. The number of hydrogen-bond acceptors (Lipinski definition) is 1. The Morgan fingerprint density at radius 2 is 2.50 bits per heavy atom. The standard InChI is InChI=1S/C9H15N/c1-2-3-6-9-7-4-5-8-10-9/h2-5,9-10H,6-8H2,1H3. The zero-order valence-corrected chi connectivity index (χ0v) is 6.51. The molecule has 1 N–H and O–H groups in total. The molecule has 1 aliphatic rings. The second-order valence-corrected chi connectivity index (χ2v) is 2.62. The van der Waals surface area contributed by atoms with Gasteiger partial charge in [0.1, 0.15) is 0 Å². The van der Waals surface area contributed by atoms with Crippen LogP contribution < -0.4 is 5.32 Å². The molecule has 0 aliphatic carbocycles. The predicted molar refractivity (Wildman–Crippen MR) is 45.0 cm³/mol. The fourth-order valence-electron chi connectivity index (χ4n) is 1.14. The Hall–Kier alpha value is -0.560. The van der Waals surface area contributed by atoms with Gasteiger partial charge in [0.2, 0.25) is 0 Å². The van der Waals surface area contributed by atoms with Crippen molar-refractivity contribution in [1.82, 2.24) is 5.32 Å². The van der Waals surface area contributed by atoms with Crippen molar-refractivity contribution >= 4 is 0 Å². The molecule has 0 fully saturated rings. The van der Waals surface area contributed by atoms with Gasteiger partial charge in [0.15, 0.2) is 0 Å². The molecule has 1 aliphatic heterocycles. The maximum Gasteiger partial charge on any atom is 0.0139 e. The largest absolute Gasteiger partial charge is 0.310 e. The Labute approximate surface area is 62.8 Å². The van der Waals surface area contributed by atoms with E-state index in [4.69, 9.17) is 0 Å². The van der Waals surface area contributed by atoms with Crippen molar-refractivity contribution in [1.29, 1.82) is 0 Å². The van der Waals surface area contributed by atoms with Gasteiger partial charge in [-0.2, -0.15) is 0 Å². The fourth-order valence-corrected chi connectivity index (χ4v) is 1.14. The summed E-state index contributed by atoms with van der Waals surface area (Å²) in [6.45, 7) is 3.11. The summed E-state index contributed by atoms with van der Waals surface area (Å²) < 4.78 is 0. The van der Waals surface area contributed by atoms with E-state index in [2.05, 4.69) is 36.5 Å². The van der Waals surface area contributed by atoms with Crippen LogP contribution >= 0.6 is 0 Å². The van der Waals surface area contributed by atoms with Crippen molar-refractivity contribution in [2.75, 3.05) is 6.54 Å². The smallest absolute Gasteiger partial charge is 0.0139 e. The van der Waals surface area contributed by atoms with Crippen LogP contribution in [0.2, 0.25) is 0 Å². The molecular formula is C9H15N. The van der Waals surface area contributed by atoms with E-state index < -0.39 is 0 Å². The highest BCUT2D eigenvalue weighted by atomic mass is 14.9. The summed E-state index contributed by atoms with van der Waals surface area (Å²) in [5.41, 5.74) is 0. The van der Waals surface area contributed by atoms with Crippen molar-refractivity contribution in [3.05, 3.63) is 24.3 Å². The minimum atomic E-state index is 0.682. The van der Waals surface area contributed by atoms with Crippen LogP contribution in [0, 0.1) is 0 Å². The van der Waals surface area contributed by atoms with Gasteiger partial charge < -0.3 is 5.32 Å². The lowest BCUT2D eigenvalue weighted by Crippen LogP contribution is -2.30. The maximum atomic E-state index is 3.42. The van der Waals surface area contributed by atoms with Crippen LogP contribution in [0.1, 0.15) is 19.8 Å². The SMILES string of the molecule is CC=CCC1CC=CCN1. The third kappa shape index (κ3) is 2.36. The molecule has 0 saturated carbocycles. The molecule has 1 heteroatoms. The van der Waals surface area contributed by atoms with Crippen LogP contribution in [0.5, 0.6) is 0 Å². The van der Waals surface area contributed by atoms with Gasteiger partial charge in [-0.1, -0.05) is 24.3 Å². The number of rotatable bonds is 2. The van der Waals surface area contributed by atoms with E-state index in [0.29, 0.717) is 6.04 Å². The van der Waals surface area contributed by atoms with Crippen molar-refractivity contribution in [3.8, 4) is 0 Å². The average Bonchev–Trinajstić information content (AvgIpc) is 2.03. The lowest BCUT2D eigenvalue weighted by molar-refractivity contribution is 0.533. The van der Waals surface area contributed by atoms with E-state index in [1.165, 1.54) is 12.8 Å². The lowest BCUT2D eigenvalue weighted by Gasteiger charge is -2.17. The minimum absolute atomic E-state index is 0.682. The Balaban J connectivity index is 2.22. The molecule has 0 bridgehead atoms. The highest BCUT2D eigenvalue weighted by Gasteiger charge is 2.04. The summed E-state index contributed by atoms with van der Waals surface area (Å²) in [5, 5.41) is 3.42. The molecule has 1 unspecified atom stereocenters. The Bertz CT molecular complexity index is 136. The van der Waals surface area contributed by atoms with Gasteiger partial charge in [0.25, 0.3) is 0 Å². The number of allylic oxidation sites excluding steroid dienone is 1. The van der Waals surface area contributed by atoms with E-state index in [-0.39, 0.29) is 0 Å². The molecule has 10 heavy (non-hydrogen) atoms. The lowest BCUT2D eigenvalue weighted by atomic mass is 10.1. The summed E-state index contributed by atoms with van der Waals surface area (Å²) in [6, 6.07) is 0.682. The zero-order valence-electron chi connectivity index (χ0n) is 6.51. The third-order valence-corrected chi connectivity index (χ3v) is 1.77. The number of nitrogens with one attached hydrogen (secondary N) is 1. The van der Waals surface area contributed by atoms with Crippen LogP contribution in [0.15, 0.2) is 24.3 Å². The first-order valence-corrected chi connectivity index (χ1v) is 3.93. The fraction of sp³-hybridized carbons (Fsp3) is 0.556. The van der Waals surface area contributed by atoms with Gasteiger partial charge >= 0.3 is 0 Å². The Kier molecular flexibility index (Phi) is 3.23. The van der Waals surface area contributed by atoms with Crippen LogP contribution in [-0.4, -0.2) is 12.6 Å². The van der Waals surface area contributed by atoms with E-state index in [1.807, 2.05) is 0 Å². The third-order valence-electron chi connectivity index (χ3n) is 1.77. The first kappa shape index (κ1) is 7.55. The van der Waals surface area contributed by atoms with Crippen LogP contribution in [0.3, 0.4) is 0 Å². The summed E-state index contributed by atoms with van der Waals surface area (Å²) in [6.07, 6.45) is 11.1. The first-order valence-electron chi connectivity index (χ1n) is 3.93. The van der Waals surface area contributed by atoms with Crippen molar-refractivity contribution in [2.45, 2.75) is 25.8 Å². The van der Waals surface area contributed by atoms with Crippen LogP contribution in [0.4, 0.5) is 0 Å². The first-order chi connectivity index (χ1) is 4.93. The second kappa shape index (κ2) is 4.29. The Morgan fingerprint density at radius 1 is 1.60 bits per heavy atom. The van der Waals surface area contributed by atoms with Crippen molar-refractivity contribution in [2.24, 2.45) is 0 Å². The van der Waals surface area contributed by atoms with Gasteiger partial charge in [0.05, 0.1) is 0 Å². The minimum Gasteiger partial charge on any atom is -0.310 e. The van der Waals surface area contributed by atoms with Gasteiger partial charge in [-0.3, -0.25) is 0 Å². The molecular weight excluding hydrogens is 122 g/mol. The molecule has 0 amide bonds. The Morgan fingerprint density at radius 3 is 3.10 bits per heavy atom. The molecule has 56 valence electrons. The highest BCUT2D eigenvalue weighted by molar-refractivity contribution is 4.96. The molecule has 0 aromatic rings. The quantitative estimate of drug-likeness (QED) is 0.573. The van der Waals surface area contributed by atoms with Gasteiger partial charge in [0, 0.05) is 12.6 Å². The van der Waals surface area contributed by atoms with Gasteiger partial charge in [-0.15, -0.1) is 0 Å². The molecule has 1 rings (SSSR count). The van der Waals surface area contributed by atoms with E-state index in [1.54, 1.807) is 0 Å². The van der Waals surface area contributed by atoms with Crippen molar-refractivity contribution in [3.63, 3.8) is 0 Å². The number of hydrogen-bond donors (Lipinski definition) is 1. The molecule has 1 atom stereocenters. The molecule has 1 nitrogen and oxygen atoms in total. The van der Waals surface area contributed by atoms with Crippen LogP contribution in [0.25, 0.3) is 0 Å². The summed E-state index contributed by atoms with van der Waals surface area (Å²) in [4.78, 5) is 0. The monoisotopic (exact) mass is 137 g/mol. The molecule has 0 aromatic carbocycles. The van der Waals surface area contributed by atoms with Gasteiger partial charge in [-0.25, -0.2) is 0 Å². The van der Waals surface area contributed by atoms with Crippen LogP contribution in [-0.2, 0) is 0 Å². The van der Waals surface area contributed by atoms with Crippen molar-refractivity contribution < 1.29 is 0 Å². The summed E-state index contributed by atoms with van der Waals surface area (Å²) in [7, 11) is 0. The van der Waals surface area contributed by atoms with E-state index >= 15 is 0 Å². The molecule has 1 heterocycles. The average molecular weight is 137 g/mol. The van der Waals surface area contributed by atoms with Gasteiger partial charge in [-0.05, 0) is 19.8 Å². The summed E-state index contributed by atoms with van der Waals surface area (Å²) in [5.74, 6) is 0.